The molecule has 0 saturated heterocycles. The van der Waals surface area contributed by atoms with Crippen LogP contribution in [0.1, 0.15) is 0 Å². The molecule has 1 aliphatic heterocycles. The molecular weight excluding hydrogens is 549 g/mol. The Labute approximate surface area is 251 Å². The normalized spacial score (nSPS) is 12.5. The number of pyridine rings is 1. The van der Waals surface area contributed by atoms with Gasteiger partial charge in [0.2, 0.25) is 11.9 Å². The molecule has 0 amide bonds. The molecule has 202 valence electrons. The van der Waals surface area contributed by atoms with Crippen molar-refractivity contribution < 1.29 is 0 Å². The molecule has 0 unspecified atom stereocenters. The van der Waals surface area contributed by atoms with E-state index >= 15 is 0 Å². The van der Waals surface area contributed by atoms with Crippen molar-refractivity contribution in [2.24, 2.45) is 0 Å². The molecule has 8 aromatic rings. The molecule has 0 N–H and O–H groups in total. The van der Waals surface area contributed by atoms with Gasteiger partial charge in [-0.05, 0) is 59.3 Å². The summed E-state index contributed by atoms with van der Waals surface area (Å²) in [6.45, 7) is 0. The zero-order chi connectivity index (χ0) is 28.3. The molecule has 0 fully saturated rings. The van der Waals surface area contributed by atoms with Crippen LogP contribution in [0.3, 0.4) is 0 Å². The smallest absolute Gasteiger partial charge is 0.240 e. The van der Waals surface area contributed by atoms with Gasteiger partial charge < -0.3 is 0 Å². The first-order chi connectivity index (χ1) is 21.3. The van der Waals surface area contributed by atoms with Crippen LogP contribution in [0.2, 0.25) is 0 Å². The van der Waals surface area contributed by atoms with Crippen LogP contribution in [0.25, 0.3) is 50.0 Å². The molecule has 3 aromatic heterocycles. The second kappa shape index (κ2) is 9.51. The molecule has 4 heterocycles. The average molecular weight is 571 g/mol. The second-order valence-electron chi connectivity index (χ2n) is 10.4. The Morgan fingerprint density at radius 2 is 1.19 bits per heavy atom. The lowest BCUT2D eigenvalue weighted by Crippen LogP contribution is -2.19. The second-order valence-corrected chi connectivity index (χ2v) is 11.5. The van der Waals surface area contributed by atoms with Crippen molar-refractivity contribution in [3.05, 3.63) is 134 Å². The minimum absolute atomic E-state index is 0.514. The van der Waals surface area contributed by atoms with Gasteiger partial charge in [0, 0.05) is 26.8 Å². The van der Waals surface area contributed by atoms with Crippen LogP contribution in [0.5, 0.6) is 0 Å². The number of nitrogens with zero attached hydrogens (tertiary/aromatic N) is 6. The number of aromatic nitrogens is 5. The van der Waals surface area contributed by atoms with E-state index in [4.69, 9.17) is 15.0 Å². The molecule has 6 nitrogen and oxygen atoms in total. The molecule has 7 heteroatoms. The largest absolute Gasteiger partial charge is 0.278 e. The van der Waals surface area contributed by atoms with E-state index in [2.05, 4.69) is 124 Å². The maximum Gasteiger partial charge on any atom is 0.240 e. The minimum atomic E-state index is 0.514. The van der Waals surface area contributed by atoms with E-state index in [0.717, 1.165) is 37.6 Å². The van der Waals surface area contributed by atoms with E-state index in [0.29, 0.717) is 23.4 Å². The number of benzene rings is 5. The summed E-state index contributed by atoms with van der Waals surface area (Å²) in [5, 5.41) is 4.73. The van der Waals surface area contributed by atoms with Gasteiger partial charge in [0.25, 0.3) is 0 Å². The number of anilines is 3. The van der Waals surface area contributed by atoms with Gasteiger partial charge in [-0.2, -0.15) is 15.0 Å². The van der Waals surface area contributed by atoms with Crippen molar-refractivity contribution in [1.82, 2.24) is 24.5 Å². The highest BCUT2D eigenvalue weighted by molar-refractivity contribution is 7.99. The van der Waals surface area contributed by atoms with Gasteiger partial charge in [-0.25, -0.2) is 0 Å². The van der Waals surface area contributed by atoms with E-state index in [9.17, 15) is 0 Å². The quantitative estimate of drug-likeness (QED) is 0.211. The fraction of sp³-hybridized carbons (Fsp3) is 0. The van der Waals surface area contributed by atoms with Gasteiger partial charge in [-0.15, -0.1) is 0 Å². The molecule has 5 aromatic carbocycles. The van der Waals surface area contributed by atoms with Crippen molar-refractivity contribution in [2.45, 2.75) is 9.79 Å². The molecule has 43 heavy (non-hydrogen) atoms. The zero-order valence-electron chi connectivity index (χ0n) is 22.8. The van der Waals surface area contributed by atoms with Crippen molar-refractivity contribution >= 4 is 61.7 Å². The molecule has 0 spiro atoms. The van der Waals surface area contributed by atoms with Gasteiger partial charge in [-0.3, -0.25) is 14.5 Å². The van der Waals surface area contributed by atoms with E-state index in [1.807, 2.05) is 18.2 Å². The van der Waals surface area contributed by atoms with Crippen molar-refractivity contribution in [3.63, 3.8) is 0 Å². The monoisotopic (exact) mass is 570 g/mol. The Bertz CT molecular complexity index is 2300. The van der Waals surface area contributed by atoms with Crippen molar-refractivity contribution in [3.8, 4) is 17.5 Å². The topological polar surface area (TPSA) is 59.7 Å². The zero-order valence-corrected chi connectivity index (χ0v) is 23.6. The number of fused-ring (bicyclic) bond motifs is 7. The average Bonchev–Trinajstić information content (AvgIpc) is 3.42. The summed E-state index contributed by atoms with van der Waals surface area (Å²) in [7, 11) is 0. The third-order valence-electron chi connectivity index (χ3n) is 7.90. The lowest BCUT2D eigenvalue weighted by molar-refractivity contribution is 0.922. The molecule has 0 saturated carbocycles. The Kier molecular flexibility index (Phi) is 5.33. The molecule has 9 rings (SSSR count). The first-order valence-electron chi connectivity index (χ1n) is 14.1. The highest BCUT2D eigenvalue weighted by Gasteiger charge is 2.28. The van der Waals surface area contributed by atoms with Crippen molar-refractivity contribution in [2.75, 3.05) is 4.90 Å². The third-order valence-corrected chi connectivity index (χ3v) is 9.03. The van der Waals surface area contributed by atoms with E-state index < -0.39 is 0 Å². The molecule has 0 aliphatic carbocycles. The first kappa shape index (κ1) is 24.1. The molecule has 1 aliphatic rings. The molecular formula is C36H22N6S. The molecule has 0 radical (unpaired) electrons. The van der Waals surface area contributed by atoms with Crippen LogP contribution in [0, 0.1) is 0 Å². The predicted octanol–water partition coefficient (Wildman–Crippen LogP) is 9.12. The number of rotatable bonds is 3. The Morgan fingerprint density at radius 3 is 1.98 bits per heavy atom. The first-order valence-corrected chi connectivity index (χ1v) is 14.9. The lowest BCUT2D eigenvalue weighted by atomic mass is 10.0. The summed E-state index contributed by atoms with van der Waals surface area (Å²) < 4.78 is 2.16. The predicted molar refractivity (Wildman–Crippen MR) is 174 cm³/mol. The Hall–Kier alpha value is -5.53. The van der Waals surface area contributed by atoms with Gasteiger partial charge in [0.15, 0.2) is 5.82 Å². The summed E-state index contributed by atoms with van der Waals surface area (Å²) in [4.78, 5) is 24.4. The standard InChI is InChI=1S/C36H22N6S/c1-2-12-24-23(11-1)20-21-30-33(24)25-13-3-4-15-27(25)41(30)35-38-34(26-14-9-10-22-37-26)39-36(40-35)42-28-16-5-7-18-31(28)43-32-19-8-6-17-29(32)42/h1-22H. The Balaban J connectivity index is 1.38. The van der Waals surface area contributed by atoms with Gasteiger partial charge in [-0.1, -0.05) is 90.6 Å². The van der Waals surface area contributed by atoms with Crippen LogP contribution in [0.15, 0.2) is 143 Å². The number of hydrogen-bond acceptors (Lipinski definition) is 6. The fourth-order valence-corrected chi connectivity index (χ4v) is 7.10. The maximum absolute atomic E-state index is 5.23. The summed E-state index contributed by atoms with van der Waals surface area (Å²) in [5.74, 6) is 1.60. The van der Waals surface area contributed by atoms with Crippen LogP contribution in [-0.4, -0.2) is 24.5 Å². The third kappa shape index (κ3) is 3.75. The maximum atomic E-state index is 5.23. The van der Waals surface area contributed by atoms with Gasteiger partial charge in [0.1, 0.15) is 5.69 Å². The molecule has 0 bridgehead atoms. The summed E-state index contributed by atoms with van der Waals surface area (Å²) in [5.41, 5.74) is 4.82. The highest BCUT2D eigenvalue weighted by Crippen LogP contribution is 2.50. The van der Waals surface area contributed by atoms with E-state index in [-0.39, 0.29) is 0 Å². The van der Waals surface area contributed by atoms with Gasteiger partial charge >= 0.3 is 0 Å². The summed E-state index contributed by atoms with van der Waals surface area (Å²) >= 11 is 1.76. The SMILES string of the molecule is c1ccc(-c2nc(N3c4ccccc4Sc4ccccc43)nc(-n3c4ccccc4c4c5ccccc5ccc43)n2)nc1. The van der Waals surface area contributed by atoms with Crippen LogP contribution in [0.4, 0.5) is 17.3 Å². The highest BCUT2D eigenvalue weighted by atomic mass is 32.2. The van der Waals surface area contributed by atoms with E-state index in [1.165, 1.54) is 16.2 Å². The minimum Gasteiger partial charge on any atom is -0.278 e. The lowest BCUT2D eigenvalue weighted by Gasteiger charge is -2.31. The molecule has 0 atom stereocenters. The van der Waals surface area contributed by atoms with Gasteiger partial charge in [0.05, 0.1) is 22.4 Å². The number of hydrogen-bond donors (Lipinski definition) is 0. The summed E-state index contributed by atoms with van der Waals surface area (Å²) in [6.07, 6.45) is 1.77. The van der Waals surface area contributed by atoms with Crippen LogP contribution >= 0.6 is 11.8 Å². The van der Waals surface area contributed by atoms with Crippen LogP contribution in [-0.2, 0) is 0 Å². The number of para-hydroxylation sites is 3. The summed E-state index contributed by atoms with van der Waals surface area (Å²) in [6, 6.07) is 43.9. The van der Waals surface area contributed by atoms with Crippen molar-refractivity contribution in [1.29, 1.82) is 0 Å². The van der Waals surface area contributed by atoms with Crippen LogP contribution < -0.4 is 4.90 Å². The fourth-order valence-electron chi connectivity index (χ4n) is 6.04. The van der Waals surface area contributed by atoms with E-state index in [1.54, 1.807) is 18.0 Å². The Morgan fingerprint density at radius 1 is 0.512 bits per heavy atom.